The summed E-state index contributed by atoms with van der Waals surface area (Å²) in [6.45, 7) is 0.877. The van der Waals surface area contributed by atoms with Crippen molar-refractivity contribution < 1.29 is 0 Å². The molecule has 0 radical (unpaired) electrons. The lowest BCUT2D eigenvalue weighted by molar-refractivity contribution is 0.890. The van der Waals surface area contributed by atoms with E-state index in [2.05, 4.69) is 54.3 Å². The molecule has 0 aliphatic rings. The van der Waals surface area contributed by atoms with Gasteiger partial charge in [-0.3, -0.25) is 0 Å². The van der Waals surface area contributed by atoms with E-state index in [1.54, 1.807) is 0 Å². The molecular weight excluding hydrogens is 226 g/mol. The van der Waals surface area contributed by atoms with Gasteiger partial charge in [-0.05, 0) is 24.1 Å². The highest BCUT2D eigenvalue weighted by molar-refractivity contribution is 7.81. The van der Waals surface area contributed by atoms with Gasteiger partial charge in [-0.2, -0.15) is 12.6 Å². The average Bonchev–Trinajstić information content (AvgIpc) is 2.39. The van der Waals surface area contributed by atoms with E-state index in [1.807, 2.05) is 24.3 Å². The second-order valence-corrected chi connectivity index (χ2v) is 4.82. The molecule has 0 heterocycles. The molecule has 0 aliphatic carbocycles. The van der Waals surface area contributed by atoms with Crippen LogP contribution >= 0.6 is 12.6 Å². The fraction of sp³-hybridized carbons (Fsp3) is 0.200. The zero-order valence-corrected chi connectivity index (χ0v) is 10.6. The van der Waals surface area contributed by atoms with Crippen molar-refractivity contribution >= 4 is 18.3 Å². The summed E-state index contributed by atoms with van der Waals surface area (Å²) in [7, 11) is 0. The lowest BCUT2D eigenvalue weighted by atomic mass is 10.1. The Balaban J connectivity index is 1.80. The summed E-state index contributed by atoms with van der Waals surface area (Å²) in [5.74, 6) is 0. The van der Waals surface area contributed by atoms with Crippen molar-refractivity contribution in [1.82, 2.24) is 0 Å². The summed E-state index contributed by atoms with van der Waals surface area (Å²) in [6, 6.07) is 20.7. The lowest BCUT2D eigenvalue weighted by Crippen LogP contribution is -2.16. The first kappa shape index (κ1) is 12.1. The molecule has 1 nitrogen and oxygen atoms in total. The van der Waals surface area contributed by atoms with Crippen LogP contribution in [0.5, 0.6) is 0 Å². The molecule has 0 amide bonds. The Morgan fingerprint density at radius 1 is 0.882 bits per heavy atom. The molecule has 1 N–H and O–H groups in total. The van der Waals surface area contributed by atoms with Gasteiger partial charge in [-0.1, -0.05) is 48.5 Å². The average molecular weight is 243 g/mol. The largest absolute Gasteiger partial charge is 0.384 e. The predicted octanol–water partition coefficient (Wildman–Crippen LogP) is 3.64. The minimum absolute atomic E-state index is 0.331. The van der Waals surface area contributed by atoms with Crippen molar-refractivity contribution in [3.05, 3.63) is 66.2 Å². The molecule has 17 heavy (non-hydrogen) atoms. The van der Waals surface area contributed by atoms with Crippen molar-refractivity contribution in [2.45, 2.75) is 11.7 Å². The van der Waals surface area contributed by atoms with Crippen LogP contribution < -0.4 is 5.32 Å². The molecule has 1 unspecified atom stereocenters. The van der Waals surface area contributed by atoms with Gasteiger partial charge in [0, 0.05) is 17.5 Å². The smallest absolute Gasteiger partial charge is 0.0340 e. The van der Waals surface area contributed by atoms with Crippen molar-refractivity contribution in [2.75, 3.05) is 11.9 Å². The Labute approximate surface area is 108 Å². The van der Waals surface area contributed by atoms with Crippen molar-refractivity contribution in [1.29, 1.82) is 0 Å². The number of para-hydroxylation sites is 1. The summed E-state index contributed by atoms with van der Waals surface area (Å²) in [6.07, 6.45) is 0.990. The van der Waals surface area contributed by atoms with Crippen LogP contribution in [0.1, 0.15) is 5.56 Å². The number of nitrogens with one attached hydrogen (secondary N) is 1. The van der Waals surface area contributed by atoms with E-state index in [0.29, 0.717) is 5.25 Å². The molecule has 0 saturated heterocycles. The van der Waals surface area contributed by atoms with E-state index >= 15 is 0 Å². The van der Waals surface area contributed by atoms with E-state index in [1.165, 1.54) is 5.56 Å². The molecule has 0 bridgehead atoms. The molecule has 0 aliphatic heterocycles. The maximum Gasteiger partial charge on any atom is 0.0340 e. The molecular formula is C15H17NS. The first-order chi connectivity index (χ1) is 8.34. The third-order valence-electron chi connectivity index (χ3n) is 2.63. The molecule has 1 atom stereocenters. The minimum Gasteiger partial charge on any atom is -0.384 e. The maximum absolute atomic E-state index is 4.61. The molecule has 2 rings (SSSR count). The Morgan fingerprint density at radius 2 is 1.47 bits per heavy atom. The topological polar surface area (TPSA) is 12.0 Å². The standard InChI is InChI=1S/C15H17NS/c17-15(11-13-7-3-1-4-8-13)12-16-14-9-5-2-6-10-14/h1-10,15-17H,11-12H2. The van der Waals surface area contributed by atoms with E-state index in [4.69, 9.17) is 0 Å². The van der Waals surface area contributed by atoms with E-state index < -0.39 is 0 Å². The van der Waals surface area contributed by atoms with Gasteiger partial charge in [0.1, 0.15) is 0 Å². The second-order valence-electron chi connectivity index (χ2n) is 4.09. The summed E-state index contributed by atoms with van der Waals surface area (Å²) in [5, 5.41) is 3.72. The molecule has 2 heteroatoms. The zero-order valence-electron chi connectivity index (χ0n) is 9.71. The Hall–Kier alpha value is -1.41. The number of hydrogen-bond acceptors (Lipinski definition) is 2. The highest BCUT2D eigenvalue weighted by Crippen LogP contribution is 2.10. The summed E-state index contributed by atoms with van der Waals surface area (Å²) in [5.41, 5.74) is 2.49. The highest BCUT2D eigenvalue weighted by atomic mass is 32.1. The number of benzene rings is 2. The Bertz CT molecular complexity index is 427. The van der Waals surface area contributed by atoms with Crippen molar-refractivity contribution in [2.24, 2.45) is 0 Å². The number of rotatable bonds is 5. The van der Waals surface area contributed by atoms with Crippen molar-refractivity contribution in [3.63, 3.8) is 0 Å². The van der Waals surface area contributed by atoms with Crippen molar-refractivity contribution in [3.8, 4) is 0 Å². The van der Waals surface area contributed by atoms with Crippen LogP contribution in [0.2, 0.25) is 0 Å². The van der Waals surface area contributed by atoms with Gasteiger partial charge in [-0.15, -0.1) is 0 Å². The van der Waals surface area contributed by atoms with Gasteiger partial charge in [0.05, 0.1) is 0 Å². The van der Waals surface area contributed by atoms with Gasteiger partial charge >= 0.3 is 0 Å². The molecule has 2 aromatic carbocycles. The van der Waals surface area contributed by atoms with Crippen LogP contribution in [0.4, 0.5) is 5.69 Å². The van der Waals surface area contributed by atoms with Crippen LogP contribution in [0.25, 0.3) is 0 Å². The summed E-state index contributed by atoms with van der Waals surface area (Å²) < 4.78 is 0. The zero-order chi connectivity index (χ0) is 11.9. The van der Waals surface area contributed by atoms with Crippen LogP contribution in [0.3, 0.4) is 0 Å². The van der Waals surface area contributed by atoms with E-state index in [0.717, 1.165) is 18.7 Å². The predicted molar refractivity (Wildman–Crippen MR) is 77.9 cm³/mol. The molecule has 0 saturated carbocycles. The van der Waals surface area contributed by atoms with E-state index in [-0.39, 0.29) is 0 Å². The first-order valence-corrected chi connectivity index (χ1v) is 6.37. The molecule has 0 fully saturated rings. The van der Waals surface area contributed by atoms with Crippen LogP contribution in [0.15, 0.2) is 60.7 Å². The monoisotopic (exact) mass is 243 g/mol. The normalized spacial score (nSPS) is 12.1. The molecule has 0 aromatic heterocycles. The third-order valence-corrected chi connectivity index (χ3v) is 2.99. The van der Waals surface area contributed by atoms with Gasteiger partial charge in [-0.25, -0.2) is 0 Å². The summed E-state index contributed by atoms with van der Waals surface area (Å²) in [4.78, 5) is 0. The van der Waals surface area contributed by atoms with E-state index in [9.17, 15) is 0 Å². The molecule has 0 spiro atoms. The second kappa shape index (κ2) is 6.36. The fourth-order valence-corrected chi connectivity index (χ4v) is 2.05. The van der Waals surface area contributed by atoms with Gasteiger partial charge in [0.25, 0.3) is 0 Å². The summed E-state index contributed by atoms with van der Waals surface area (Å²) >= 11 is 4.61. The van der Waals surface area contributed by atoms with Crippen LogP contribution in [0, 0.1) is 0 Å². The van der Waals surface area contributed by atoms with Crippen LogP contribution in [-0.4, -0.2) is 11.8 Å². The highest BCUT2D eigenvalue weighted by Gasteiger charge is 2.03. The SMILES string of the molecule is SC(CNc1ccccc1)Cc1ccccc1. The maximum atomic E-state index is 4.61. The lowest BCUT2D eigenvalue weighted by Gasteiger charge is -2.12. The number of hydrogen-bond donors (Lipinski definition) is 2. The minimum atomic E-state index is 0.331. The fourth-order valence-electron chi connectivity index (χ4n) is 1.75. The number of anilines is 1. The third kappa shape index (κ3) is 4.16. The first-order valence-electron chi connectivity index (χ1n) is 5.85. The number of thiol groups is 1. The Morgan fingerprint density at radius 3 is 2.12 bits per heavy atom. The molecule has 88 valence electrons. The Kier molecular flexibility index (Phi) is 4.51. The quantitative estimate of drug-likeness (QED) is 0.764. The van der Waals surface area contributed by atoms with Gasteiger partial charge in [0.2, 0.25) is 0 Å². The van der Waals surface area contributed by atoms with Crippen LogP contribution in [-0.2, 0) is 6.42 Å². The van der Waals surface area contributed by atoms with Gasteiger partial charge in [0.15, 0.2) is 0 Å². The van der Waals surface area contributed by atoms with Gasteiger partial charge < -0.3 is 5.32 Å². The molecule has 2 aromatic rings.